The van der Waals surface area contributed by atoms with Gasteiger partial charge in [0.2, 0.25) is 5.60 Å². The summed E-state index contributed by atoms with van der Waals surface area (Å²) < 4.78 is 11.1. The van der Waals surface area contributed by atoms with Gasteiger partial charge in [0.05, 0.1) is 5.92 Å². The zero-order valence-corrected chi connectivity index (χ0v) is 37.8. The molecule has 0 heterocycles. The molecule has 57 heavy (non-hydrogen) atoms. The highest BCUT2D eigenvalue weighted by Crippen LogP contribution is 2.30. The standard InChI is InChI=1S/C48H90N2O7/c1-6-9-11-13-15-17-19-21-23-25-27-29-31-33-36-44(45(51)52)37-35-39-48(46(53)54,57-47(55)56-43-42-50(8-3)41-40-49(4)5)38-34-32-30-28-26-24-22-20-18-16-14-12-10-7-2/h21-24,44H,6-20,25-43H2,1-5H3,(H,51,52)(H,53,54)/b23-21-,24-22-. The van der Waals surface area contributed by atoms with Gasteiger partial charge in [0.15, 0.2) is 0 Å². The first-order chi connectivity index (χ1) is 27.6. The first kappa shape index (κ1) is 54.6. The minimum Gasteiger partial charge on any atom is -0.481 e. The number of aliphatic carboxylic acids is 2. The summed E-state index contributed by atoms with van der Waals surface area (Å²) in [6.45, 7) is 9.70. The van der Waals surface area contributed by atoms with Crippen LogP contribution in [0.5, 0.6) is 0 Å². The van der Waals surface area contributed by atoms with Crippen molar-refractivity contribution in [2.45, 2.75) is 213 Å². The van der Waals surface area contributed by atoms with E-state index in [1.54, 1.807) is 0 Å². The lowest BCUT2D eigenvalue weighted by molar-refractivity contribution is -0.163. The van der Waals surface area contributed by atoms with Crippen molar-refractivity contribution in [3.63, 3.8) is 0 Å². The van der Waals surface area contributed by atoms with Gasteiger partial charge in [0.1, 0.15) is 6.61 Å². The maximum Gasteiger partial charge on any atom is 0.509 e. The normalized spacial score (nSPS) is 13.5. The average molecular weight is 807 g/mol. The van der Waals surface area contributed by atoms with Crippen LogP contribution in [0.2, 0.25) is 0 Å². The van der Waals surface area contributed by atoms with Crippen molar-refractivity contribution >= 4 is 18.1 Å². The highest BCUT2D eigenvalue weighted by atomic mass is 16.7. The van der Waals surface area contributed by atoms with Gasteiger partial charge in [-0.15, -0.1) is 0 Å². The molecule has 9 nitrogen and oxygen atoms in total. The Morgan fingerprint density at radius 1 is 0.561 bits per heavy atom. The number of carbonyl (C=O) groups is 3. The Morgan fingerprint density at radius 3 is 1.46 bits per heavy atom. The third kappa shape index (κ3) is 33.2. The van der Waals surface area contributed by atoms with E-state index in [1.165, 1.54) is 77.0 Å². The molecule has 0 aliphatic rings. The predicted octanol–water partition coefficient (Wildman–Crippen LogP) is 13.0. The Bertz CT molecular complexity index is 1020. The van der Waals surface area contributed by atoms with Crippen LogP contribution >= 0.6 is 0 Å². The highest BCUT2D eigenvalue weighted by Gasteiger charge is 2.42. The van der Waals surface area contributed by atoms with E-state index in [9.17, 15) is 24.6 Å². The van der Waals surface area contributed by atoms with Crippen LogP contribution in [0, 0.1) is 5.92 Å². The molecule has 9 heteroatoms. The second kappa shape index (κ2) is 39.1. The Kier molecular flexibility index (Phi) is 37.5. The van der Waals surface area contributed by atoms with Crippen LogP contribution in [0.1, 0.15) is 207 Å². The van der Waals surface area contributed by atoms with E-state index in [0.29, 0.717) is 32.2 Å². The smallest absolute Gasteiger partial charge is 0.481 e. The van der Waals surface area contributed by atoms with Crippen molar-refractivity contribution in [3.8, 4) is 0 Å². The molecular weight excluding hydrogens is 717 g/mol. The van der Waals surface area contributed by atoms with Crippen molar-refractivity contribution in [2.75, 3.05) is 46.9 Å². The summed E-state index contributed by atoms with van der Waals surface area (Å²) in [7, 11) is 4.03. The number of carbonyl (C=O) groups excluding carboxylic acids is 1. The summed E-state index contributed by atoms with van der Waals surface area (Å²) >= 11 is 0. The minimum atomic E-state index is -1.74. The van der Waals surface area contributed by atoms with Crippen LogP contribution in [0.25, 0.3) is 0 Å². The second-order valence-electron chi connectivity index (χ2n) is 16.7. The third-order valence-corrected chi connectivity index (χ3v) is 11.2. The summed E-state index contributed by atoms with van der Waals surface area (Å²) in [6, 6.07) is 0. The lowest BCUT2D eigenvalue weighted by Gasteiger charge is -2.30. The topological polar surface area (TPSA) is 117 Å². The van der Waals surface area contributed by atoms with Gasteiger partial charge in [-0.25, -0.2) is 9.59 Å². The fourth-order valence-electron chi connectivity index (χ4n) is 7.32. The molecule has 2 atom stereocenters. The zero-order chi connectivity index (χ0) is 42.2. The molecule has 0 aromatic carbocycles. The molecular formula is C48H90N2O7. The van der Waals surface area contributed by atoms with Gasteiger partial charge >= 0.3 is 18.1 Å². The van der Waals surface area contributed by atoms with Crippen LogP contribution in [0.15, 0.2) is 24.3 Å². The summed E-state index contributed by atoms with van der Waals surface area (Å²) in [5, 5.41) is 20.5. The minimum absolute atomic E-state index is 0.0669. The van der Waals surface area contributed by atoms with Crippen LogP contribution < -0.4 is 0 Å². The van der Waals surface area contributed by atoms with Gasteiger partial charge in [0.25, 0.3) is 0 Å². The second-order valence-corrected chi connectivity index (χ2v) is 16.7. The fourth-order valence-corrected chi connectivity index (χ4v) is 7.32. The molecule has 0 radical (unpaired) electrons. The summed E-state index contributed by atoms with van der Waals surface area (Å²) in [4.78, 5) is 42.3. The molecule has 0 amide bonds. The molecule has 0 saturated carbocycles. The van der Waals surface area contributed by atoms with E-state index in [-0.39, 0.29) is 19.4 Å². The molecule has 0 aliphatic carbocycles. The molecule has 2 N–H and O–H groups in total. The van der Waals surface area contributed by atoms with Gasteiger partial charge in [-0.05, 0) is 111 Å². The number of ether oxygens (including phenoxy) is 2. The van der Waals surface area contributed by atoms with E-state index in [4.69, 9.17) is 9.47 Å². The van der Waals surface area contributed by atoms with Crippen LogP contribution in [0.4, 0.5) is 4.79 Å². The fraction of sp³-hybridized carbons (Fsp3) is 0.854. The lowest BCUT2D eigenvalue weighted by atomic mass is 9.87. The van der Waals surface area contributed by atoms with Crippen molar-refractivity contribution in [1.29, 1.82) is 0 Å². The molecule has 334 valence electrons. The molecule has 0 spiro atoms. The van der Waals surface area contributed by atoms with Crippen molar-refractivity contribution in [1.82, 2.24) is 9.80 Å². The number of unbranched alkanes of at least 4 members (excludes halogenated alkanes) is 20. The Balaban J connectivity index is 4.98. The maximum atomic E-state index is 13.0. The van der Waals surface area contributed by atoms with Gasteiger partial charge in [-0.3, -0.25) is 9.69 Å². The molecule has 0 aliphatic heterocycles. The van der Waals surface area contributed by atoms with Crippen LogP contribution in [-0.4, -0.2) is 90.6 Å². The number of carboxylic acid groups (broad SMARTS) is 2. The quantitative estimate of drug-likeness (QED) is 0.0353. The Labute approximate surface area is 350 Å². The Hall–Kier alpha value is -2.39. The number of hydrogen-bond acceptors (Lipinski definition) is 7. The zero-order valence-electron chi connectivity index (χ0n) is 37.8. The maximum absolute atomic E-state index is 13.0. The van der Waals surface area contributed by atoms with Crippen molar-refractivity contribution in [3.05, 3.63) is 24.3 Å². The lowest BCUT2D eigenvalue weighted by Crippen LogP contribution is -2.44. The SMILES string of the molecule is CCCCCCCC/C=C\CCCCCCC(CCCC(CCCCCC/C=C\CCCCCCCC)(OC(=O)OCCN(CC)CCN(C)C)C(=O)O)C(=O)O. The molecule has 0 aromatic rings. The Morgan fingerprint density at radius 2 is 1.00 bits per heavy atom. The first-order valence-corrected chi connectivity index (χ1v) is 23.6. The van der Waals surface area contributed by atoms with Gasteiger partial charge in [-0.2, -0.15) is 0 Å². The number of carboxylic acids is 2. The molecule has 0 aromatic heterocycles. The summed E-state index contributed by atoms with van der Waals surface area (Å²) in [5.41, 5.74) is -1.74. The van der Waals surface area contributed by atoms with Gasteiger partial charge in [0, 0.05) is 19.6 Å². The highest BCUT2D eigenvalue weighted by molar-refractivity contribution is 5.80. The summed E-state index contributed by atoms with van der Waals surface area (Å²) in [5.74, 6) is -2.58. The first-order valence-electron chi connectivity index (χ1n) is 23.6. The number of hydrogen-bond donors (Lipinski definition) is 2. The number of nitrogens with zero attached hydrogens (tertiary/aromatic N) is 2. The molecule has 0 bridgehead atoms. The van der Waals surface area contributed by atoms with Crippen molar-refractivity contribution < 1.29 is 34.1 Å². The third-order valence-electron chi connectivity index (χ3n) is 11.2. The van der Waals surface area contributed by atoms with Crippen molar-refractivity contribution in [2.24, 2.45) is 5.92 Å². The largest absolute Gasteiger partial charge is 0.509 e. The number of rotatable bonds is 42. The van der Waals surface area contributed by atoms with E-state index in [2.05, 4.69) is 54.9 Å². The van der Waals surface area contributed by atoms with Gasteiger partial charge in [-0.1, -0.05) is 141 Å². The van der Waals surface area contributed by atoms with E-state index >= 15 is 0 Å². The number of allylic oxidation sites excluding steroid dienone is 4. The molecule has 2 unspecified atom stereocenters. The van der Waals surface area contributed by atoms with E-state index in [0.717, 1.165) is 90.3 Å². The average Bonchev–Trinajstić information content (AvgIpc) is 3.18. The molecule has 0 rings (SSSR count). The van der Waals surface area contributed by atoms with Gasteiger partial charge < -0.3 is 24.6 Å². The monoisotopic (exact) mass is 807 g/mol. The van der Waals surface area contributed by atoms with Crippen LogP contribution in [-0.2, 0) is 19.1 Å². The predicted molar refractivity (Wildman–Crippen MR) is 238 cm³/mol. The van der Waals surface area contributed by atoms with E-state index in [1.807, 2.05) is 14.1 Å². The van der Waals surface area contributed by atoms with Crippen LogP contribution in [0.3, 0.4) is 0 Å². The summed E-state index contributed by atoms with van der Waals surface area (Å²) in [6.07, 6.45) is 37.3. The number of likely N-dealkylation sites (N-methyl/N-ethyl adjacent to an activating group) is 2. The van der Waals surface area contributed by atoms with E-state index < -0.39 is 29.6 Å². The molecule has 0 saturated heterocycles. The molecule has 0 fully saturated rings.